The van der Waals surface area contributed by atoms with Crippen molar-refractivity contribution in [3.63, 3.8) is 0 Å². The topological polar surface area (TPSA) is 15.3 Å². The SMILES string of the molecule is CCC(CNC)N(C)C1CC1. The monoisotopic (exact) mass is 156 g/mol. The lowest BCUT2D eigenvalue weighted by molar-refractivity contribution is 0.223. The van der Waals surface area contributed by atoms with Crippen molar-refractivity contribution in [2.75, 3.05) is 20.6 Å². The summed E-state index contributed by atoms with van der Waals surface area (Å²) in [5.41, 5.74) is 0. The van der Waals surface area contributed by atoms with E-state index in [-0.39, 0.29) is 0 Å². The Hall–Kier alpha value is -0.0800. The van der Waals surface area contributed by atoms with Gasteiger partial charge in [0, 0.05) is 18.6 Å². The number of nitrogens with zero attached hydrogens (tertiary/aromatic N) is 1. The molecule has 1 aliphatic carbocycles. The fourth-order valence-electron chi connectivity index (χ4n) is 1.59. The molecule has 0 amide bonds. The standard InChI is InChI=1S/C9H20N2/c1-4-8(7-10-2)11(3)9-5-6-9/h8-10H,4-7H2,1-3H3. The summed E-state index contributed by atoms with van der Waals surface area (Å²) in [4.78, 5) is 2.52. The molecule has 1 saturated carbocycles. The van der Waals surface area contributed by atoms with E-state index in [0.29, 0.717) is 0 Å². The minimum absolute atomic E-state index is 0.743. The van der Waals surface area contributed by atoms with Gasteiger partial charge in [0.2, 0.25) is 0 Å². The average Bonchev–Trinajstić information content (AvgIpc) is 2.81. The highest BCUT2D eigenvalue weighted by Crippen LogP contribution is 2.27. The number of hydrogen-bond donors (Lipinski definition) is 1. The summed E-state index contributed by atoms with van der Waals surface area (Å²) in [5.74, 6) is 0. The average molecular weight is 156 g/mol. The molecule has 1 aliphatic rings. The van der Waals surface area contributed by atoms with E-state index in [1.165, 1.54) is 19.3 Å². The molecule has 66 valence electrons. The van der Waals surface area contributed by atoms with Gasteiger partial charge in [0.15, 0.2) is 0 Å². The Morgan fingerprint density at radius 1 is 1.55 bits per heavy atom. The largest absolute Gasteiger partial charge is 0.318 e. The zero-order valence-electron chi connectivity index (χ0n) is 7.93. The maximum Gasteiger partial charge on any atom is 0.0217 e. The van der Waals surface area contributed by atoms with Gasteiger partial charge in [-0.1, -0.05) is 6.92 Å². The van der Waals surface area contributed by atoms with Crippen molar-refractivity contribution in [3.8, 4) is 0 Å². The van der Waals surface area contributed by atoms with Crippen LogP contribution in [-0.2, 0) is 0 Å². The molecule has 0 bridgehead atoms. The number of likely N-dealkylation sites (N-methyl/N-ethyl adjacent to an activating group) is 2. The van der Waals surface area contributed by atoms with Crippen LogP contribution in [0.4, 0.5) is 0 Å². The van der Waals surface area contributed by atoms with Crippen LogP contribution in [0.1, 0.15) is 26.2 Å². The second-order valence-corrected chi connectivity index (χ2v) is 3.52. The molecule has 11 heavy (non-hydrogen) atoms. The maximum absolute atomic E-state index is 3.24. The first-order valence-corrected chi connectivity index (χ1v) is 4.66. The number of rotatable bonds is 5. The van der Waals surface area contributed by atoms with Gasteiger partial charge in [-0.25, -0.2) is 0 Å². The molecule has 1 atom stereocenters. The molecular formula is C9H20N2. The number of hydrogen-bond acceptors (Lipinski definition) is 2. The second kappa shape index (κ2) is 4.07. The smallest absolute Gasteiger partial charge is 0.0217 e. The molecule has 0 saturated heterocycles. The summed E-state index contributed by atoms with van der Waals surface area (Å²) in [6.45, 7) is 3.39. The summed E-state index contributed by atoms with van der Waals surface area (Å²) < 4.78 is 0. The van der Waals surface area contributed by atoms with Gasteiger partial charge in [0.1, 0.15) is 0 Å². The lowest BCUT2D eigenvalue weighted by atomic mass is 10.2. The third-order valence-electron chi connectivity index (χ3n) is 2.61. The van der Waals surface area contributed by atoms with E-state index in [1.807, 2.05) is 7.05 Å². The van der Waals surface area contributed by atoms with Crippen LogP contribution in [0.25, 0.3) is 0 Å². The first-order valence-electron chi connectivity index (χ1n) is 4.66. The second-order valence-electron chi connectivity index (χ2n) is 3.52. The Morgan fingerprint density at radius 3 is 2.55 bits per heavy atom. The van der Waals surface area contributed by atoms with Gasteiger partial charge in [-0.2, -0.15) is 0 Å². The van der Waals surface area contributed by atoms with Gasteiger partial charge in [0.25, 0.3) is 0 Å². The van der Waals surface area contributed by atoms with Crippen LogP contribution in [0.2, 0.25) is 0 Å². The highest BCUT2D eigenvalue weighted by atomic mass is 15.2. The van der Waals surface area contributed by atoms with Crippen molar-refractivity contribution in [2.24, 2.45) is 0 Å². The quantitative estimate of drug-likeness (QED) is 0.641. The van der Waals surface area contributed by atoms with Gasteiger partial charge in [0.05, 0.1) is 0 Å². The molecule has 0 aromatic rings. The Morgan fingerprint density at radius 2 is 2.18 bits per heavy atom. The molecular weight excluding hydrogens is 136 g/mol. The van der Waals surface area contributed by atoms with Gasteiger partial charge >= 0.3 is 0 Å². The van der Waals surface area contributed by atoms with Crippen LogP contribution in [0.3, 0.4) is 0 Å². The van der Waals surface area contributed by atoms with Crippen LogP contribution in [0.15, 0.2) is 0 Å². The van der Waals surface area contributed by atoms with Crippen LogP contribution in [-0.4, -0.2) is 37.6 Å². The van der Waals surface area contributed by atoms with E-state index in [1.54, 1.807) is 0 Å². The zero-order valence-corrected chi connectivity index (χ0v) is 7.93. The zero-order chi connectivity index (χ0) is 8.27. The van der Waals surface area contributed by atoms with E-state index in [4.69, 9.17) is 0 Å². The lowest BCUT2D eigenvalue weighted by Gasteiger charge is -2.26. The first-order chi connectivity index (χ1) is 5.29. The van der Waals surface area contributed by atoms with Gasteiger partial charge < -0.3 is 5.32 Å². The molecule has 1 unspecified atom stereocenters. The van der Waals surface area contributed by atoms with E-state index in [9.17, 15) is 0 Å². The number of nitrogens with one attached hydrogen (secondary N) is 1. The van der Waals surface area contributed by atoms with Gasteiger partial charge in [-0.3, -0.25) is 4.90 Å². The molecule has 2 heteroatoms. The molecule has 0 radical (unpaired) electrons. The van der Waals surface area contributed by atoms with E-state index in [2.05, 4.69) is 24.2 Å². The molecule has 0 aromatic carbocycles. The third-order valence-corrected chi connectivity index (χ3v) is 2.61. The van der Waals surface area contributed by atoms with Crippen molar-refractivity contribution in [2.45, 2.75) is 38.3 Å². The molecule has 0 heterocycles. The van der Waals surface area contributed by atoms with Crippen LogP contribution >= 0.6 is 0 Å². The Kier molecular flexibility index (Phi) is 3.34. The Bertz CT molecular complexity index is 110. The molecule has 1 rings (SSSR count). The van der Waals surface area contributed by atoms with Crippen LogP contribution < -0.4 is 5.32 Å². The van der Waals surface area contributed by atoms with Crippen LogP contribution in [0, 0.1) is 0 Å². The summed E-state index contributed by atoms with van der Waals surface area (Å²) in [5, 5.41) is 3.24. The predicted molar refractivity (Wildman–Crippen MR) is 48.8 cm³/mol. The maximum atomic E-state index is 3.24. The summed E-state index contributed by atoms with van der Waals surface area (Å²) in [6.07, 6.45) is 4.08. The van der Waals surface area contributed by atoms with Crippen molar-refractivity contribution in [1.29, 1.82) is 0 Å². The van der Waals surface area contributed by atoms with Crippen LogP contribution in [0.5, 0.6) is 0 Å². The van der Waals surface area contributed by atoms with Crippen molar-refractivity contribution < 1.29 is 0 Å². The summed E-state index contributed by atoms with van der Waals surface area (Å²) in [6, 6.07) is 1.64. The van der Waals surface area contributed by atoms with E-state index >= 15 is 0 Å². The Labute approximate surface area is 70.0 Å². The van der Waals surface area contributed by atoms with E-state index in [0.717, 1.165) is 18.6 Å². The van der Waals surface area contributed by atoms with Crippen molar-refractivity contribution >= 4 is 0 Å². The molecule has 0 spiro atoms. The Balaban J connectivity index is 2.26. The lowest BCUT2D eigenvalue weighted by Crippen LogP contribution is -2.39. The predicted octanol–water partition coefficient (Wildman–Crippen LogP) is 1.08. The minimum Gasteiger partial charge on any atom is -0.318 e. The first kappa shape index (κ1) is 9.01. The molecule has 1 N–H and O–H groups in total. The highest BCUT2D eigenvalue weighted by Gasteiger charge is 2.29. The molecule has 0 aliphatic heterocycles. The summed E-state index contributed by atoms with van der Waals surface area (Å²) in [7, 11) is 4.28. The molecule has 1 fully saturated rings. The summed E-state index contributed by atoms with van der Waals surface area (Å²) >= 11 is 0. The molecule has 2 nitrogen and oxygen atoms in total. The van der Waals surface area contributed by atoms with Crippen molar-refractivity contribution in [1.82, 2.24) is 10.2 Å². The minimum atomic E-state index is 0.743. The third kappa shape index (κ3) is 2.46. The fourth-order valence-corrected chi connectivity index (χ4v) is 1.59. The fraction of sp³-hybridized carbons (Fsp3) is 1.00. The van der Waals surface area contributed by atoms with Crippen molar-refractivity contribution in [3.05, 3.63) is 0 Å². The van der Waals surface area contributed by atoms with E-state index < -0.39 is 0 Å². The van der Waals surface area contributed by atoms with Gasteiger partial charge in [-0.15, -0.1) is 0 Å². The highest BCUT2D eigenvalue weighted by molar-refractivity contribution is 4.86. The van der Waals surface area contributed by atoms with Gasteiger partial charge in [-0.05, 0) is 33.4 Å². The molecule has 0 aromatic heterocycles. The normalized spacial score (nSPS) is 20.7.